The van der Waals surface area contributed by atoms with Crippen LogP contribution in [0.4, 0.5) is 0 Å². The molecule has 2 rings (SSSR count). The quantitative estimate of drug-likeness (QED) is 0.853. The molecule has 94 valence electrons. The maximum absolute atomic E-state index is 12.4. The normalized spacial score (nSPS) is 14.2. The van der Waals surface area contributed by atoms with Crippen molar-refractivity contribution < 1.29 is 4.79 Å². The first-order chi connectivity index (χ1) is 8.61. The Morgan fingerprint density at radius 2 is 1.89 bits per heavy atom. The lowest BCUT2D eigenvalue weighted by atomic mass is 9.90. The minimum atomic E-state index is -0.250. The van der Waals surface area contributed by atoms with Crippen molar-refractivity contribution in [2.45, 2.75) is 19.9 Å². The van der Waals surface area contributed by atoms with E-state index in [1.165, 1.54) is 11.3 Å². The van der Waals surface area contributed by atoms with Crippen molar-refractivity contribution in [2.75, 3.05) is 0 Å². The Labute approximate surface area is 111 Å². The number of hydrogen-bond acceptors (Lipinski definition) is 3. The van der Waals surface area contributed by atoms with Crippen LogP contribution in [0.2, 0.25) is 0 Å². The van der Waals surface area contributed by atoms with Gasteiger partial charge in [-0.25, -0.2) is 0 Å². The summed E-state index contributed by atoms with van der Waals surface area (Å²) in [6, 6.07) is 11.5. The molecule has 1 aromatic heterocycles. The Kier molecular flexibility index (Phi) is 3.94. The van der Waals surface area contributed by atoms with Crippen molar-refractivity contribution in [3.63, 3.8) is 0 Å². The number of carbonyl (C=O) groups is 1. The Morgan fingerprint density at radius 3 is 2.44 bits per heavy atom. The fourth-order valence-electron chi connectivity index (χ4n) is 1.96. The molecule has 3 heteroatoms. The number of carbonyl (C=O) groups excluding carboxylic acids is 1. The van der Waals surface area contributed by atoms with E-state index in [0.29, 0.717) is 0 Å². The van der Waals surface area contributed by atoms with Gasteiger partial charge in [0.2, 0.25) is 0 Å². The Balaban J connectivity index is 2.20. The molecule has 2 unspecified atom stereocenters. The van der Waals surface area contributed by atoms with Crippen LogP contribution in [0.5, 0.6) is 0 Å². The molecule has 2 N–H and O–H groups in total. The van der Waals surface area contributed by atoms with Gasteiger partial charge in [-0.05, 0) is 29.5 Å². The van der Waals surface area contributed by atoms with Gasteiger partial charge in [-0.3, -0.25) is 4.79 Å². The highest BCUT2D eigenvalue weighted by Gasteiger charge is 2.24. The molecule has 0 fully saturated rings. The van der Waals surface area contributed by atoms with Gasteiger partial charge < -0.3 is 5.73 Å². The summed E-state index contributed by atoms with van der Waals surface area (Å²) >= 11 is 1.49. The first kappa shape index (κ1) is 13.0. The molecule has 2 atom stereocenters. The Morgan fingerprint density at radius 1 is 1.22 bits per heavy atom. The van der Waals surface area contributed by atoms with Crippen LogP contribution in [-0.4, -0.2) is 5.78 Å². The molecule has 18 heavy (non-hydrogen) atoms. The van der Waals surface area contributed by atoms with Gasteiger partial charge in [0, 0.05) is 12.0 Å². The molecular weight excluding hydrogens is 242 g/mol. The van der Waals surface area contributed by atoms with E-state index in [4.69, 9.17) is 5.73 Å². The number of benzene rings is 1. The number of aryl methyl sites for hydroxylation is 1. The molecule has 0 saturated heterocycles. The average molecular weight is 259 g/mol. The number of thiophene rings is 1. The van der Waals surface area contributed by atoms with Gasteiger partial charge in [0.25, 0.3) is 0 Å². The first-order valence-corrected chi connectivity index (χ1v) is 6.88. The first-order valence-electron chi connectivity index (χ1n) is 6.00. The number of ketones is 1. The second-order valence-corrected chi connectivity index (χ2v) is 5.44. The summed E-state index contributed by atoms with van der Waals surface area (Å²) < 4.78 is 0. The van der Waals surface area contributed by atoms with E-state index in [1.54, 1.807) is 0 Å². The number of nitrogens with two attached hydrogens (primary N) is 1. The SMILES string of the molecule is Cc1ccsc1C(=O)C(C)C(N)c1ccccc1. The molecule has 0 aliphatic carbocycles. The minimum absolute atomic E-state index is 0.138. The van der Waals surface area contributed by atoms with Crippen molar-refractivity contribution in [3.05, 3.63) is 57.8 Å². The van der Waals surface area contributed by atoms with E-state index in [-0.39, 0.29) is 17.7 Å². The third kappa shape index (κ3) is 2.52. The van der Waals surface area contributed by atoms with Gasteiger partial charge in [0.1, 0.15) is 0 Å². The third-order valence-corrected chi connectivity index (χ3v) is 4.25. The van der Waals surface area contributed by atoms with E-state index in [2.05, 4.69) is 0 Å². The van der Waals surface area contributed by atoms with Crippen LogP contribution < -0.4 is 5.73 Å². The third-order valence-electron chi connectivity index (χ3n) is 3.22. The van der Waals surface area contributed by atoms with Crippen LogP contribution >= 0.6 is 11.3 Å². The van der Waals surface area contributed by atoms with E-state index in [9.17, 15) is 4.79 Å². The largest absolute Gasteiger partial charge is 0.323 e. The van der Waals surface area contributed by atoms with Gasteiger partial charge in [0.05, 0.1) is 4.88 Å². The van der Waals surface area contributed by atoms with E-state index in [0.717, 1.165) is 16.0 Å². The number of hydrogen-bond donors (Lipinski definition) is 1. The van der Waals surface area contributed by atoms with Crippen molar-refractivity contribution in [1.82, 2.24) is 0 Å². The van der Waals surface area contributed by atoms with Crippen LogP contribution in [0.25, 0.3) is 0 Å². The molecule has 0 saturated carbocycles. The summed E-state index contributed by atoms with van der Waals surface area (Å²) in [6.07, 6.45) is 0. The van der Waals surface area contributed by atoms with Gasteiger partial charge in [-0.1, -0.05) is 37.3 Å². The van der Waals surface area contributed by atoms with Gasteiger partial charge in [-0.15, -0.1) is 11.3 Å². The zero-order valence-corrected chi connectivity index (χ0v) is 11.4. The second kappa shape index (κ2) is 5.46. The Hall–Kier alpha value is -1.45. The molecule has 0 spiro atoms. The summed E-state index contributed by atoms with van der Waals surface area (Å²) in [6.45, 7) is 3.86. The average Bonchev–Trinajstić information content (AvgIpc) is 2.83. The molecule has 0 amide bonds. The monoisotopic (exact) mass is 259 g/mol. The summed E-state index contributed by atoms with van der Waals surface area (Å²) in [5, 5.41) is 1.95. The molecule has 1 heterocycles. The zero-order valence-electron chi connectivity index (χ0n) is 10.6. The summed E-state index contributed by atoms with van der Waals surface area (Å²) in [4.78, 5) is 13.2. The summed E-state index contributed by atoms with van der Waals surface area (Å²) in [7, 11) is 0. The van der Waals surface area contributed by atoms with Crippen LogP contribution in [-0.2, 0) is 0 Å². The number of Topliss-reactive ketones (excluding diaryl/α,β-unsaturated/α-hetero) is 1. The fraction of sp³-hybridized carbons (Fsp3) is 0.267. The molecule has 0 aliphatic heterocycles. The standard InChI is InChI=1S/C15H17NOS/c1-10-8-9-18-15(10)14(17)11(2)13(16)12-6-4-3-5-7-12/h3-9,11,13H,16H2,1-2H3. The van der Waals surface area contributed by atoms with Crippen LogP contribution in [0.1, 0.15) is 33.8 Å². The maximum atomic E-state index is 12.4. The zero-order chi connectivity index (χ0) is 13.1. The van der Waals surface area contributed by atoms with E-state index < -0.39 is 0 Å². The van der Waals surface area contributed by atoms with Crippen molar-refractivity contribution in [2.24, 2.45) is 11.7 Å². The summed E-state index contributed by atoms with van der Waals surface area (Å²) in [5.41, 5.74) is 8.23. The molecule has 0 aliphatic rings. The molecule has 0 bridgehead atoms. The predicted molar refractivity (Wildman–Crippen MR) is 75.9 cm³/mol. The highest BCUT2D eigenvalue weighted by atomic mass is 32.1. The van der Waals surface area contributed by atoms with Crippen molar-refractivity contribution >= 4 is 17.1 Å². The maximum Gasteiger partial charge on any atom is 0.177 e. The predicted octanol–water partition coefficient (Wildman–Crippen LogP) is 3.58. The molecular formula is C15H17NOS. The highest BCUT2D eigenvalue weighted by molar-refractivity contribution is 7.12. The fourth-order valence-corrected chi connectivity index (χ4v) is 2.92. The Bertz CT molecular complexity index is 532. The molecule has 0 radical (unpaired) electrons. The van der Waals surface area contributed by atoms with Crippen LogP contribution in [0.3, 0.4) is 0 Å². The van der Waals surface area contributed by atoms with Gasteiger partial charge in [-0.2, -0.15) is 0 Å². The van der Waals surface area contributed by atoms with Gasteiger partial charge in [0.15, 0.2) is 5.78 Å². The lowest BCUT2D eigenvalue weighted by Gasteiger charge is -2.19. The topological polar surface area (TPSA) is 43.1 Å². The van der Waals surface area contributed by atoms with Crippen LogP contribution in [0, 0.1) is 12.8 Å². The molecule has 2 aromatic rings. The highest BCUT2D eigenvalue weighted by Crippen LogP contribution is 2.26. The minimum Gasteiger partial charge on any atom is -0.323 e. The van der Waals surface area contributed by atoms with Crippen LogP contribution in [0.15, 0.2) is 41.8 Å². The number of rotatable bonds is 4. The smallest absolute Gasteiger partial charge is 0.177 e. The molecule has 1 aromatic carbocycles. The lowest BCUT2D eigenvalue weighted by Crippen LogP contribution is -2.26. The van der Waals surface area contributed by atoms with Gasteiger partial charge >= 0.3 is 0 Å². The second-order valence-electron chi connectivity index (χ2n) is 4.52. The van der Waals surface area contributed by atoms with E-state index in [1.807, 2.05) is 55.6 Å². The van der Waals surface area contributed by atoms with Crippen molar-refractivity contribution in [1.29, 1.82) is 0 Å². The molecule has 2 nitrogen and oxygen atoms in total. The summed E-state index contributed by atoms with van der Waals surface area (Å²) in [5.74, 6) is -0.0661. The lowest BCUT2D eigenvalue weighted by molar-refractivity contribution is 0.0916. The van der Waals surface area contributed by atoms with E-state index >= 15 is 0 Å². The van der Waals surface area contributed by atoms with Crippen molar-refractivity contribution in [3.8, 4) is 0 Å².